The van der Waals surface area contributed by atoms with Gasteiger partial charge in [-0.15, -0.1) is 49.4 Å². The molecule has 0 N–H and O–H groups in total. The van der Waals surface area contributed by atoms with Crippen molar-refractivity contribution in [1.82, 2.24) is 0 Å². The third-order valence-electron chi connectivity index (χ3n) is 2.72. The fourth-order valence-electron chi connectivity index (χ4n) is 1.51. The molecular formula is C16H20O2Si. The van der Waals surface area contributed by atoms with E-state index in [2.05, 4.69) is 23.7 Å². The smallest absolute Gasteiger partial charge is 0.305 e. The van der Waals surface area contributed by atoms with Crippen LogP contribution < -0.4 is 0 Å². The molecule has 0 radical (unpaired) electrons. The lowest BCUT2D eigenvalue weighted by Gasteiger charge is -2.31. The van der Waals surface area contributed by atoms with Gasteiger partial charge in [-0.2, -0.15) is 0 Å². The fourth-order valence-corrected chi connectivity index (χ4v) is 2.54. The van der Waals surface area contributed by atoms with Gasteiger partial charge in [0.25, 0.3) is 0 Å². The predicted molar refractivity (Wildman–Crippen MR) is 81.3 cm³/mol. The van der Waals surface area contributed by atoms with Crippen molar-refractivity contribution in [2.24, 2.45) is 0 Å². The van der Waals surface area contributed by atoms with Gasteiger partial charge >= 0.3 is 10.0 Å². The van der Waals surface area contributed by atoms with E-state index in [9.17, 15) is 0 Å². The quantitative estimate of drug-likeness (QED) is 0.494. The zero-order valence-electron chi connectivity index (χ0n) is 11.7. The average Bonchev–Trinajstić information content (AvgIpc) is 2.29. The van der Waals surface area contributed by atoms with Gasteiger partial charge in [-0.3, -0.25) is 0 Å². The molecule has 0 aliphatic carbocycles. The summed E-state index contributed by atoms with van der Waals surface area (Å²) in [6.45, 7) is 3.78. The monoisotopic (exact) mass is 272 g/mol. The molecule has 0 aromatic carbocycles. The van der Waals surface area contributed by atoms with Crippen molar-refractivity contribution in [3.05, 3.63) is 0 Å². The van der Waals surface area contributed by atoms with Crippen LogP contribution in [0.1, 0.15) is 39.5 Å². The summed E-state index contributed by atoms with van der Waals surface area (Å²) in [6.07, 6.45) is 23.1. The predicted octanol–water partition coefficient (Wildman–Crippen LogP) is 1.63. The molecule has 0 fully saturated rings. The van der Waals surface area contributed by atoms with E-state index < -0.39 is 21.2 Å². The Morgan fingerprint density at radius 3 is 1.21 bits per heavy atom. The Morgan fingerprint density at radius 2 is 1.00 bits per heavy atom. The molecule has 19 heavy (non-hydrogen) atoms. The zero-order valence-corrected chi connectivity index (χ0v) is 13.1. The molecule has 0 amide bonds. The second-order valence-electron chi connectivity index (χ2n) is 4.83. The first-order valence-corrected chi connectivity index (χ1v) is 7.12. The normalized spacial score (nSPS) is 10.8. The summed E-state index contributed by atoms with van der Waals surface area (Å²) in [6, 6.07) is 0. The standard InChI is InChI=1S/C16H20O2Si/c1-7-11-15(5,12-8-2)17-19-18-16(6,13-9-3)14-10-4/h1-4H,11-14,19H2,5-6H3. The van der Waals surface area contributed by atoms with E-state index in [1.165, 1.54) is 0 Å². The molecule has 0 aromatic rings. The van der Waals surface area contributed by atoms with Gasteiger partial charge < -0.3 is 8.85 Å². The second-order valence-corrected chi connectivity index (χ2v) is 5.64. The minimum Gasteiger partial charge on any atom is -0.391 e. The van der Waals surface area contributed by atoms with Crippen molar-refractivity contribution >= 4 is 10.0 Å². The molecule has 0 heterocycles. The van der Waals surface area contributed by atoms with Gasteiger partial charge in [0.1, 0.15) is 0 Å². The van der Waals surface area contributed by atoms with Crippen LogP contribution in [0.25, 0.3) is 0 Å². The van der Waals surface area contributed by atoms with Crippen molar-refractivity contribution < 1.29 is 8.85 Å². The van der Waals surface area contributed by atoms with Crippen LogP contribution in [-0.2, 0) is 8.85 Å². The molecule has 3 heteroatoms. The van der Waals surface area contributed by atoms with Gasteiger partial charge in [0, 0.05) is 25.7 Å². The zero-order chi connectivity index (χ0) is 14.8. The Hall–Kier alpha value is -1.62. The lowest BCUT2D eigenvalue weighted by molar-refractivity contribution is 0.0246. The van der Waals surface area contributed by atoms with E-state index in [-0.39, 0.29) is 0 Å². The highest BCUT2D eigenvalue weighted by Gasteiger charge is 2.27. The molecular weight excluding hydrogens is 252 g/mol. The SMILES string of the molecule is C#CCC(C)(CC#C)O[SiH2]OC(C)(CC#C)CC#C. The molecule has 0 aliphatic heterocycles. The molecule has 2 nitrogen and oxygen atoms in total. The maximum Gasteiger partial charge on any atom is 0.305 e. The van der Waals surface area contributed by atoms with E-state index in [0.29, 0.717) is 25.7 Å². The Bertz CT molecular complexity index is 365. The largest absolute Gasteiger partial charge is 0.391 e. The van der Waals surface area contributed by atoms with Crippen molar-refractivity contribution in [3.8, 4) is 49.4 Å². The van der Waals surface area contributed by atoms with E-state index in [0.717, 1.165) is 0 Å². The fraction of sp³-hybridized carbons (Fsp3) is 0.500. The first-order valence-electron chi connectivity index (χ1n) is 5.97. The third kappa shape index (κ3) is 6.76. The van der Waals surface area contributed by atoms with Crippen LogP contribution in [0.5, 0.6) is 0 Å². The van der Waals surface area contributed by atoms with E-state index >= 15 is 0 Å². The topological polar surface area (TPSA) is 18.5 Å². The third-order valence-corrected chi connectivity index (χ3v) is 4.35. The lowest BCUT2D eigenvalue weighted by atomic mass is 9.99. The van der Waals surface area contributed by atoms with E-state index in [1.54, 1.807) is 0 Å². The van der Waals surface area contributed by atoms with Crippen LogP contribution in [0.2, 0.25) is 0 Å². The molecule has 0 spiro atoms. The van der Waals surface area contributed by atoms with Crippen molar-refractivity contribution in [2.75, 3.05) is 0 Å². The Kier molecular flexibility index (Phi) is 7.75. The Labute approximate surface area is 119 Å². The van der Waals surface area contributed by atoms with Crippen LogP contribution in [0.15, 0.2) is 0 Å². The number of rotatable bonds is 8. The molecule has 0 atom stereocenters. The first-order chi connectivity index (χ1) is 8.95. The molecule has 0 rings (SSSR count). The summed E-state index contributed by atoms with van der Waals surface area (Å²) < 4.78 is 11.6. The van der Waals surface area contributed by atoms with Crippen molar-refractivity contribution in [1.29, 1.82) is 0 Å². The summed E-state index contributed by atoms with van der Waals surface area (Å²) in [5, 5.41) is 0. The Morgan fingerprint density at radius 1 is 0.737 bits per heavy atom. The van der Waals surface area contributed by atoms with Gasteiger partial charge in [0.05, 0.1) is 11.2 Å². The molecule has 0 unspecified atom stereocenters. The highest BCUT2D eigenvalue weighted by atomic mass is 28.3. The molecule has 0 saturated heterocycles. The molecule has 0 aromatic heterocycles. The second kappa shape index (κ2) is 8.47. The van der Waals surface area contributed by atoms with Gasteiger partial charge in [-0.25, -0.2) is 0 Å². The summed E-state index contributed by atoms with van der Waals surface area (Å²) in [5.41, 5.74) is -1.05. The highest BCUT2D eigenvalue weighted by molar-refractivity contribution is 6.18. The molecule has 100 valence electrons. The lowest BCUT2D eigenvalue weighted by Crippen LogP contribution is -2.36. The summed E-state index contributed by atoms with van der Waals surface area (Å²) in [5.74, 6) is 10.3. The van der Waals surface area contributed by atoms with Gasteiger partial charge in [0.15, 0.2) is 0 Å². The number of terminal acetylenes is 4. The number of hydrogen-bond donors (Lipinski definition) is 0. The van der Waals surface area contributed by atoms with Crippen LogP contribution in [0.4, 0.5) is 0 Å². The highest BCUT2D eigenvalue weighted by Crippen LogP contribution is 2.22. The van der Waals surface area contributed by atoms with Crippen molar-refractivity contribution in [3.63, 3.8) is 0 Å². The average molecular weight is 272 g/mol. The minimum atomic E-state index is -1.26. The molecule has 0 bridgehead atoms. The van der Waals surface area contributed by atoms with Gasteiger partial charge in [0.2, 0.25) is 0 Å². The molecule has 0 aliphatic rings. The van der Waals surface area contributed by atoms with E-state index in [4.69, 9.17) is 34.5 Å². The van der Waals surface area contributed by atoms with Crippen LogP contribution >= 0.6 is 0 Å². The van der Waals surface area contributed by atoms with Crippen LogP contribution in [-0.4, -0.2) is 21.2 Å². The maximum absolute atomic E-state index is 5.79. The van der Waals surface area contributed by atoms with E-state index in [1.807, 2.05) is 13.8 Å². The first kappa shape index (κ1) is 17.4. The summed E-state index contributed by atoms with van der Waals surface area (Å²) in [4.78, 5) is 0. The van der Waals surface area contributed by atoms with Crippen molar-refractivity contribution in [2.45, 2.75) is 50.7 Å². The van der Waals surface area contributed by atoms with Gasteiger partial charge in [-0.05, 0) is 13.8 Å². The number of hydrogen-bond acceptors (Lipinski definition) is 2. The minimum absolute atomic E-state index is 0.453. The van der Waals surface area contributed by atoms with Crippen LogP contribution in [0, 0.1) is 49.4 Å². The summed E-state index contributed by atoms with van der Waals surface area (Å²) in [7, 11) is -1.26. The van der Waals surface area contributed by atoms with Crippen LogP contribution in [0.3, 0.4) is 0 Å². The maximum atomic E-state index is 5.79. The molecule has 0 saturated carbocycles. The van der Waals surface area contributed by atoms with Gasteiger partial charge in [-0.1, -0.05) is 0 Å². The Balaban J connectivity index is 4.48. The summed E-state index contributed by atoms with van der Waals surface area (Å²) >= 11 is 0.